The Morgan fingerprint density at radius 3 is 2.50 bits per heavy atom. The summed E-state index contributed by atoms with van der Waals surface area (Å²) in [6.07, 6.45) is 1.72. The van der Waals surface area contributed by atoms with Crippen molar-refractivity contribution in [3.05, 3.63) is 29.8 Å². The maximum Gasteiger partial charge on any atom is 0.407 e. The zero-order chi connectivity index (χ0) is 13.9. The summed E-state index contributed by atoms with van der Waals surface area (Å²) >= 11 is 0. The third-order valence-corrected chi connectivity index (χ3v) is 4.82. The normalized spacial score (nSPS) is 34.2. The number of piperidine rings is 1. The predicted molar refractivity (Wildman–Crippen MR) is 70.0 cm³/mol. The Kier molecular flexibility index (Phi) is 2.20. The lowest BCUT2D eigenvalue weighted by molar-refractivity contribution is -0.00268. The second-order valence-electron chi connectivity index (χ2n) is 5.90. The van der Waals surface area contributed by atoms with Gasteiger partial charge in [-0.3, -0.25) is 4.79 Å². The number of benzene rings is 1. The average molecular weight is 273 g/mol. The quantitative estimate of drug-likeness (QED) is 0.787. The van der Waals surface area contributed by atoms with Crippen molar-refractivity contribution in [3.8, 4) is 5.75 Å². The highest BCUT2D eigenvalue weighted by Gasteiger charge is 2.58. The molecule has 3 atom stereocenters. The van der Waals surface area contributed by atoms with Gasteiger partial charge in [0.25, 0.3) is 0 Å². The molecule has 0 radical (unpaired) electrons. The van der Waals surface area contributed by atoms with Gasteiger partial charge in [0.1, 0.15) is 5.75 Å². The van der Waals surface area contributed by atoms with E-state index in [1.165, 1.54) is 4.90 Å². The minimum Gasteiger partial charge on any atom is -0.478 e. The van der Waals surface area contributed by atoms with Crippen LogP contribution in [0, 0.1) is 0 Å². The fraction of sp³-hybridized carbons (Fsp3) is 0.467. The molecule has 1 aromatic rings. The SMILES string of the molecule is O=C(O)N1[C@@H]2CC[C@H]1C[C@]1(C2)Oc2ccccc2C1=O. The molecule has 1 N–H and O–H groups in total. The van der Waals surface area contributed by atoms with Crippen molar-refractivity contribution in [1.29, 1.82) is 0 Å². The van der Waals surface area contributed by atoms with Gasteiger partial charge in [0, 0.05) is 24.9 Å². The summed E-state index contributed by atoms with van der Waals surface area (Å²) in [5, 5.41) is 9.29. The van der Waals surface area contributed by atoms with Crippen LogP contribution in [0.2, 0.25) is 0 Å². The van der Waals surface area contributed by atoms with Crippen molar-refractivity contribution >= 4 is 11.9 Å². The van der Waals surface area contributed by atoms with Crippen LogP contribution >= 0.6 is 0 Å². The van der Waals surface area contributed by atoms with Crippen molar-refractivity contribution in [2.24, 2.45) is 0 Å². The van der Waals surface area contributed by atoms with Gasteiger partial charge in [0.2, 0.25) is 5.78 Å². The molecule has 0 aromatic heterocycles. The van der Waals surface area contributed by atoms with Crippen molar-refractivity contribution in [1.82, 2.24) is 4.90 Å². The Morgan fingerprint density at radius 1 is 1.25 bits per heavy atom. The van der Waals surface area contributed by atoms with Gasteiger partial charge < -0.3 is 14.7 Å². The zero-order valence-electron chi connectivity index (χ0n) is 10.9. The fourth-order valence-corrected chi connectivity index (χ4v) is 4.03. The number of amides is 1. The van der Waals surface area contributed by atoms with Crippen LogP contribution in [0.4, 0.5) is 4.79 Å². The smallest absolute Gasteiger partial charge is 0.407 e. The molecule has 104 valence electrons. The fourth-order valence-electron chi connectivity index (χ4n) is 4.03. The molecule has 2 saturated heterocycles. The Balaban J connectivity index is 1.70. The predicted octanol–water partition coefficient (Wildman–Crippen LogP) is 2.31. The Hall–Kier alpha value is -2.04. The van der Waals surface area contributed by atoms with E-state index in [0.717, 1.165) is 12.8 Å². The Morgan fingerprint density at radius 2 is 1.90 bits per heavy atom. The summed E-state index contributed by atoms with van der Waals surface area (Å²) in [4.78, 5) is 25.5. The van der Waals surface area contributed by atoms with Crippen molar-refractivity contribution < 1.29 is 19.4 Å². The van der Waals surface area contributed by atoms with Gasteiger partial charge in [-0.2, -0.15) is 0 Å². The first-order chi connectivity index (χ1) is 9.61. The van der Waals surface area contributed by atoms with E-state index in [1.54, 1.807) is 6.07 Å². The number of carbonyl (C=O) groups excluding carboxylic acids is 1. The van der Waals surface area contributed by atoms with E-state index in [-0.39, 0.29) is 17.9 Å². The number of hydrogen-bond donors (Lipinski definition) is 1. The molecule has 0 saturated carbocycles. The first kappa shape index (κ1) is 11.8. The number of ketones is 1. The van der Waals surface area contributed by atoms with Crippen LogP contribution in [-0.4, -0.2) is 39.6 Å². The van der Waals surface area contributed by atoms with Gasteiger partial charge >= 0.3 is 6.09 Å². The van der Waals surface area contributed by atoms with E-state index >= 15 is 0 Å². The molecule has 0 unspecified atom stereocenters. The second kappa shape index (κ2) is 3.75. The number of Topliss-reactive ketones (excluding diaryl/α,β-unsaturated/α-hetero) is 1. The molecule has 1 aromatic carbocycles. The third-order valence-electron chi connectivity index (χ3n) is 4.82. The molecule has 2 fully saturated rings. The topological polar surface area (TPSA) is 66.8 Å². The highest BCUT2D eigenvalue weighted by atomic mass is 16.5. The van der Waals surface area contributed by atoms with Crippen molar-refractivity contribution in [2.45, 2.75) is 43.4 Å². The lowest BCUT2D eigenvalue weighted by Gasteiger charge is -2.41. The van der Waals surface area contributed by atoms with E-state index in [4.69, 9.17) is 4.74 Å². The summed E-state index contributed by atoms with van der Waals surface area (Å²) in [5.41, 5.74) is -0.197. The molecular weight excluding hydrogens is 258 g/mol. The van der Waals surface area contributed by atoms with Crippen LogP contribution in [0.25, 0.3) is 0 Å². The summed E-state index contributed by atoms with van der Waals surface area (Å²) in [6, 6.07) is 7.10. The number of fused-ring (bicyclic) bond motifs is 3. The Labute approximate surface area is 116 Å². The van der Waals surface area contributed by atoms with E-state index in [9.17, 15) is 14.7 Å². The maximum absolute atomic E-state index is 12.7. The largest absolute Gasteiger partial charge is 0.478 e. The summed E-state index contributed by atoms with van der Waals surface area (Å²) < 4.78 is 5.99. The lowest BCUT2D eigenvalue weighted by atomic mass is 9.82. The first-order valence-electron chi connectivity index (χ1n) is 6.95. The molecule has 5 nitrogen and oxygen atoms in total. The second-order valence-corrected chi connectivity index (χ2v) is 5.90. The molecule has 20 heavy (non-hydrogen) atoms. The molecule has 5 heteroatoms. The third kappa shape index (κ3) is 1.38. The standard InChI is InChI=1S/C15H15NO4/c17-13-11-3-1-2-4-12(11)20-15(13)7-9-5-6-10(8-15)16(9)14(18)19/h1-4,9-10H,5-8H2,(H,18,19)/t9-,10+,15+. The van der Waals surface area contributed by atoms with Crippen LogP contribution < -0.4 is 4.74 Å². The van der Waals surface area contributed by atoms with Gasteiger partial charge in [-0.1, -0.05) is 12.1 Å². The monoisotopic (exact) mass is 273 g/mol. The van der Waals surface area contributed by atoms with Crippen LogP contribution in [0.1, 0.15) is 36.0 Å². The molecule has 1 spiro atoms. The zero-order valence-corrected chi connectivity index (χ0v) is 10.9. The van der Waals surface area contributed by atoms with Gasteiger partial charge in [-0.25, -0.2) is 4.79 Å². The highest BCUT2D eigenvalue weighted by molar-refractivity contribution is 6.07. The summed E-state index contributed by atoms with van der Waals surface area (Å²) in [7, 11) is 0. The Bertz CT molecular complexity index is 598. The molecular formula is C15H15NO4. The first-order valence-corrected chi connectivity index (χ1v) is 6.95. The van der Waals surface area contributed by atoms with Crippen LogP contribution in [0.3, 0.4) is 0 Å². The van der Waals surface area contributed by atoms with E-state index in [0.29, 0.717) is 24.2 Å². The lowest BCUT2D eigenvalue weighted by Crippen LogP contribution is -2.56. The molecule has 3 aliphatic heterocycles. The number of hydrogen-bond acceptors (Lipinski definition) is 3. The molecule has 3 aliphatic rings. The van der Waals surface area contributed by atoms with Gasteiger partial charge in [-0.15, -0.1) is 0 Å². The maximum atomic E-state index is 12.7. The molecule has 4 rings (SSSR count). The van der Waals surface area contributed by atoms with Gasteiger partial charge in [0.05, 0.1) is 5.56 Å². The number of nitrogens with zero attached hydrogens (tertiary/aromatic N) is 1. The van der Waals surface area contributed by atoms with E-state index in [2.05, 4.69) is 0 Å². The average Bonchev–Trinajstić information content (AvgIpc) is 2.85. The molecule has 1 amide bonds. The van der Waals surface area contributed by atoms with E-state index in [1.807, 2.05) is 18.2 Å². The molecule has 2 bridgehead atoms. The minimum atomic E-state index is -0.879. The van der Waals surface area contributed by atoms with Gasteiger partial charge in [0.15, 0.2) is 5.60 Å². The number of ether oxygens (including phenoxy) is 1. The van der Waals surface area contributed by atoms with Crippen molar-refractivity contribution in [2.75, 3.05) is 0 Å². The highest BCUT2D eigenvalue weighted by Crippen LogP contribution is 2.48. The molecule has 0 aliphatic carbocycles. The number of carbonyl (C=O) groups is 2. The number of para-hydroxylation sites is 1. The summed E-state index contributed by atoms with van der Waals surface area (Å²) in [5.74, 6) is 0.663. The van der Waals surface area contributed by atoms with E-state index < -0.39 is 11.7 Å². The number of carboxylic acid groups (broad SMARTS) is 1. The molecule has 3 heterocycles. The summed E-state index contributed by atoms with van der Waals surface area (Å²) in [6.45, 7) is 0. The number of rotatable bonds is 0. The van der Waals surface area contributed by atoms with Crippen molar-refractivity contribution in [3.63, 3.8) is 0 Å². The van der Waals surface area contributed by atoms with Crippen LogP contribution in [0.5, 0.6) is 5.75 Å². The minimum absolute atomic E-state index is 0.0232. The van der Waals surface area contributed by atoms with Crippen LogP contribution in [-0.2, 0) is 0 Å². The van der Waals surface area contributed by atoms with Gasteiger partial charge in [-0.05, 0) is 25.0 Å². The van der Waals surface area contributed by atoms with Crippen LogP contribution in [0.15, 0.2) is 24.3 Å².